The first-order valence-corrected chi connectivity index (χ1v) is 11.6. The van der Waals surface area contributed by atoms with Crippen LogP contribution in [0.25, 0.3) is 22.6 Å². The third-order valence-corrected chi connectivity index (χ3v) is 6.33. The molecule has 0 radical (unpaired) electrons. The van der Waals surface area contributed by atoms with Crippen molar-refractivity contribution in [2.24, 2.45) is 0 Å². The summed E-state index contributed by atoms with van der Waals surface area (Å²) in [5.41, 5.74) is 3.01. The first-order chi connectivity index (χ1) is 16.1. The molecule has 0 spiro atoms. The largest absolute Gasteiger partial charge is 0.379 e. The summed E-state index contributed by atoms with van der Waals surface area (Å²) >= 11 is 0. The highest BCUT2D eigenvalue weighted by Crippen LogP contribution is 2.28. The van der Waals surface area contributed by atoms with Crippen molar-refractivity contribution >= 4 is 22.9 Å². The molecule has 3 aromatic heterocycles. The first kappa shape index (κ1) is 21.8. The predicted molar refractivity (Wildman–Crippen MR) is 122 cm³/mol. The average Bonchev–Trinajstić information content (AvgIpc) is 3.51. The zero-order valence-electron chi connectivity index (χ0n) is 19.2. The Morgan fingerprint density at radius 3 is 2.67 bits per heavy atom. The van der Waals surface area contributed by atoms with Crippen molar-refractivity contribution in [3.05, 3.63) is 17.8 Å². The predicted octanol–water partition coefficient (Wildman–Crippen LogP) is 1.46. The number of hydrogen-bond donors (Lipinski definition) is 1. The molecule has 2 aliphatic heterocycles. The van der Waals surface area contributed by atoms with E-state index in [0.717, 1.165) is 74.8 Å². The lowest BCUT2D eigenvalue weighted by atomic mass is 10.2. The fourth-order valence-corrected chi connectivity index (χ4v) is 4.47. The monoisotopic (exact) mass is 454 g/mol. The van der Waals surface area contributed by atoms with Gasteiger partial charge < -0.3 is 24.0 Å². The first-order valence-electron chi connectivity index (χ1n) is 11.6. The molecular formula is C22H30N8O3. The Morgan fingerprint density at radius 1 is 1.09 bits per heavy atom. The SMILES string of the molecule is Cc1noc(C)c1-c1nc(NCCN2CCOCC2)c2ncn(CCN3CCCC3=O)c2n1. The number of aromatic nitrogens is 5. The van der Waals surface area contributed by atoms with Crippen LogP contribution in [-0.2, 0) is 16.1 Å². The molecule has 176 valence electrons. The Morgan fingerprint density at radius 2 is 1.94 bits per heavy atom. The number of carbonyl (C=O) groups is 1. The highest BCUT2D eigenvalue weighted by molar-refractivity contribution is 5.85. The van der Waals surface area contributed by atoms with Crippen molar-refractivity contribution in [2.75, 3.05) is 57.8 Å². The maximum absolute atomic E-state index is 12.0. The summed E-state index contributed by atoms with van der Waals surface area (Å²) in [5.74, 6) is 2.15. The number of amides is 1. The molecule has 11 heteroatoms. The second kappa shape index (κ2) is 9.44. The molecule has 1 amide bonds. The number of fused-ring (bicyclic) bond motifs is 1. The Kier molecular flexibility index (Phi) is 6.23. The number of nitrogens with zero attached hydrogens (tertiary/aromatic N) is 7. The van der Waals surface area contributed by atoms with Gasteiger partial charge in [0.2, 0.25) is 5.91 Å². The van der Waals surface area contributed by atoms with Crippen LogP contribution in [0.5, 0.6) is 0 Å². The maximum Gasteiger partial charge on any atom is 0.222 e. The summed E-state index contributed by atoms with van der Waals surface area (Å²) in [6, 6.07) is 0. The molecule has 5 rings (SSSR count). The van der Waals surface area contributed by atoms with Crippen LogP contribution in [0.4, 0.5) is 5.82 Å². The van der Waals surface area contributed by atoms with Crippen molar-refractivity contribution < 1.29 is 14.1 Å². The number of ether oxygens (including phenoxy) is 1. The normalized spacial score (nSPS) is 17.4. The van der Waals surface area contributed by atoms with Crippen LogP contribution in [0, 0.1) is 13.8 Å². The van der Waals surface area contributed by atoms with Gasteiger partial charge in [-0.25, -0.2) is 15.0 Å². The van der Waals surface area contributed by atoms with Crippen molar-refractivity contribution in [3.63, 3.8) is 0 Å². The van der Waals surface area contributed by atoms with E-state index in [4.69, 9.17) is 19.2 Å². The number of hydrogen-bond acceptors (Lipinski definition) is 9. The summed E-state index contributed by atoms with van der Waals surface area (Å²) in [6.45, 7) is 10.9. The van der Waals surface area contributed by atoms with Gasteiger partial charge in [0, 0.05) is 52.2 Å². The molecule has 3 aromatic rings. The highest BCUT2D eigenvalue weighted by Gasteiger charge is 2.22. The number of imidazole rings is 1. The number of aryl methyl sites for hydroxylation is 2. The smallest absolute Gasteiger partial charge is 0.222 e. The molecule has 33 heavy (non-hydrogen) atoms. The highest BCUT2D eigenvalue weighted by atomic mass is 16.5. The molecule has 0 unspecified atom stereocenters. The molecule has 2 saturated heterocycles. The molecule has 0 aromatic carbocycles. The number of carbonyl (C=O) groups excluding carboxylic acids is 1. The molecule has 2 aliphatic rings. The molecule has 0 aliphatic carbocycles. The zero-order valence-corrected chi connectivity index (χ0v) is 19.2. The summed E-state index contributed by atoms with van der Waals surface area (Å²) in [4.78, 5) is 30.6. The number of rotatable bonds is 8. The molecule has 11 nitrogen and oxygen atoms in total. The summed E-state index contributed by atoms with van der Waals surface area (Å²) in [6.07, 6.45) is 3.35. The molecule has 5 heterocycles. The molecular weight excluding hydrogens is 424 g/mol. The van der Waals surface area contributed by atoms with Gasteiger partial charge in [-0.2, -0.15) is 0 Å². The van der Waals surface area contributed by atoms with Crippen molar-refractivity contribution in [1.29, 1.82) is 0 Å². The van der Waals surface area contributed by atoms with Crippen molar-refractivity contribution in [3.8, 4) is 11.4 Å². The fraction of sp³-hybridized carbons (Fsp3) is 0.591. The Balaban J connectivity index is 1.42. The van der Waals surface area contributed by atoms with Crippen LogP contribution < -0.4 is 5.32 Å². The fourth-order valence-electron chi connectivity index (χ4n) is 4.47. The van der Waals surface area contributed by atoms with E-state index in [0.29, 0.717) is 36.9 Å². The van der Waals surface area contributed by atoms with Crippen LogP contribution >= 0.6 is 0 Å². The van der Waals surface area contributed by atoms with Gasteiger partial charge in [0.05, 0.1) is 30.8 Å². The Hall–Kier alpha value is -3.05. The molecule has 1 N–H and O–H groups in total. The second-order valence-electron chi connectivity index (χ2n) is 8.57. The third-order valence-electron chi connectivity index (χ3n) is 6.33. The van der Waals surface area contributed by atoms with Gasteiger partial charge in [0.1, 0.15) is 11.3 Å². The van der Waals surface area contributed by atoms with Crippen molar-refractivity contribution in [1.82, 2.24) is 34.5 Å². The van der Waals surface area contributed by atoms with E-state index in [9.17, 15) is 4.79 Å². The second-order valence-corrected chi connectivity index (χ2v) is 8.57. The number of morpholine rings is 1. The van der Waals surface area contributed by atoms with Gasteiger partial charge in [-0.1, -0.05) is 5.16 Å². The van der Waals surface area contributed by atoms with Gasteiger partial charge in [-0.3, -0.25) is 9.69 Å². The minimum Gasteiger partial charge on any atom is -0.379 e. The van der Waals surface area contributed by atoms with E-state index in [-0.39, 0.29) is 5.91 Å². The minimum atomic E-state index is 0.218. The van der Waals surface area contributed by atoms with Crippen LogP contribution in [0.2, 0.25) is 0 Å². The van der Waals surface area contributed by atoms with E-state index >= 15 is 0 Å². The van der Waals surface area contributed by atoms with Gasteiger partial charge >= 0.3 is 0 Å². The van der Waals surface area contributed by atoms with Crippen LogP contribution in [-0.4, -0.2) is 92.9 Å². The summed E-state index contributed by atoms with van der Waals surface area (Å²) in [7, 11) is 0. The Bertz CT molecular complexity index is 1110. The lowest BCUT2D eigenvalue weighted by Crippen LogP contribution is -2.39. The van der Waals surface area contributed by atoms with Gasteiger partial charge in [0.15, 0.2) is 17.3 Å². The lowest BCUT2D eigenvalue weighted by Gasteiger charge is -2.26. The summed E-state index contributed by atoms with van der Waals surface area (Å²) < 4.78 is 12.8. The zero-order chi connectivity index (χ0) is 22.8. The number of anilines is 1. The molecule has 0 bridgehead atoms. The minimum absolute atomic E-state index is 0.218. The Labute approximate surface area is 192 Å². The van der Waals surface area contributed by atoms with E-state index < -0.39 is 0 Å². The quantitative estimate of drug-likeness (QED) is 0.540. The third kappa shape index (κ3) is 4.55. The van der Waals surface area contributed by atoms with Crippen molar-refractivity contribution in [2.45, 2.75) is 33.2 Å². The van der Waals surface area contributed by atoms with Gasteiger partial charge in [-0.15, -0.1) is 0 Å². The van der Waals surface area contributed by atoms with E-state index in [1.54, 1.807) is 6.33 Å². The van der Waals surface area contributed by atoms with Crippen LogP contribution in [0.1, 0.15) is 24.3 Å². The van der Waals surface area contributed by atoms with Crippen LogP contribution in [0.3, 0.4) is 0 Å². The standard InChI is InChI=1S/C22H30N8O3/c1-15-18(16(2)33-27-15)20-25-21(23-5-7-28-10-12-32-13-11-28)19-22(26-20)30(14-24-19)9-8-29-6-3-4-17(29)31/h14H,3-13H2,1-2H3,(H,23,25,26). The van der Waals surface area contributed by atoms with Gasteiger partial charge in [-0.05, 0) is 20.3 Å². The van der Waals surface area contributed by atoms with Crippen LogP contribution in [0.15, 0.2) is 10.9 Å². The van der Waals surface area contributed by atoms with E-state index in [1.807, 2.05) is 23.3 Å². The number of likely N-dealkylation sites (tertiary alicyclic amines) is 1. The number of nitrogens with one attached hydrogen (secondary N) is 1. The summed E-state index contributed by atoms with van der Waals surface area (Å²) in [5, 5.41) is 7.54. The molecule has 0 saturated carbocycles. The average molecular weight is 455 g/mol. The van der Waals surface area contributed by atoms with E-state index in [2.05, 4.69) is 20.4 Å². The topological polar surface area (TPSA) is 114 Å². The maximum atomic E-state index is 12.0. The van der Waals surface area contributed by atoms with Gasteiger partial charge in [0.25, 0.3) is 0 Å². The molecule has 2 fully saturated rings. The lowest BCUT2D eigenvalue weighted by molar-refractivity contribution is -0.127. The molecule has 0 atom stereocenters. The van der Waals surface area contributed by atoms with E-state index in [1.165, 1.54) is 0 Å².